The van der Waals surface area contributed by atoms with Gasteiger partial charge in [-0.25, -0.2) is 0 Å². The summed E-state index contributed by atoms with van der Waals surface area (Å²) in [6.07, 6.45) is 1.64. The Balaban J connectivity index is 2.17. The molecule has 0 atom stereocenters. The second kappa shape index (κ2) is 6.18. The lowest BCUT2D eigenvalue weighted by Crippen LogP contribution is -2.40. The zero-order valence-corrected chi connectivity index (χ0v) is 13.8. The quantitative estimate of drug-likeness (QED) is 0.901. The molecule has 2 aromatic rings. The second-order valence-electron chi connectivity index (χ2n) is 6.56. The largest absolute Gasteiger partial charge is 0.355 e. The highest BCUT2D eigenvalue weighted by Crippen LogP contribution is 2.20. The van der Waals surface area contributed by atoms with E-state index < -0.39 is 0 Å². The van der Waals surface area contributed by atoms with E-state index in [0.29, 0.717) is 5.69 Å². The summed E-state index contributed by atoms with van der Waals surface area (Å²) in [4.78, 5) is 16.3. The van der Waals surface area contributed by atoms with Crippen molar-refractivity contribution in [1.82, 2.24) is 10.3 Å². The summed E-state index contributed by atoms with van der Waals surface area (Å²) in [6.45, 7) is 10.0. The number of pyridine rings is 1. The first-order valence-electron chi connectivity index (χ1n) is 7.37. The van der Waals surface area contributed by atoms with Crippen LogP contribution in [0.25, 0.3) is 0 Å². The molecule has 2 rings (SSSR count). The number of benzene rings is 1. The highest BCUT2D eigenvalue weighted by Gasteiger charge is 2.16. The maximum atomic E-state index is 12.2. The smallest absolute Gasteiger partial charge is 0.270 e. The topological polar surface area (TPSA) is 54.0 Å². The number of carbonyl (C=O) groups is 1. The summed E-state index contributed by atoms with van der Waals surface area (Å²) < 4.78 is 0. The van der Waals surface area contributed by atoms with E-state index in [1.165, 1.54) is 11.1 Å². The molecule has 0 bridgehead atoms. The molecule has 0 saturated heterocycles. The van der Waals surface area contributed by atoms with E-state index in [1.54, 1.807) is 12.3 Å². The van der Waals surface area contributed by atoms with Gasteiger partial charge in [0.25, 0.3) is 5.91 Å². The lowest BCUT2D eigenvalue weighted by Gasteiger charge is -2.20. The van der Waals surface area contributed by atoms with Crippen molar-refractivity contribution in [2.45, 2.75) is 40.2 Å². The number of hydrogen-bond acceptors (Lipinski definition) is 3. The number of aromatic nitrogens is 1. The van der Waals surface area contributed by atoms with E-state index >= 15 is 0 Å². The third-order valence-corrected chi connectivity index (χ3v) is 3.28. The Morgan fingerprint density at radius 2 is 1.68 bits per heavy atom. The zero-order valence-electron chi connectivity index (χ0n) is 13.8. The Labute approximate surface area is 132 Å². The molecule has 1 heterocycles. The van der Waals surface area contributed by atoms with Crippen LogP contribution in [0, 0.1) is 13.8 Å². The first-order chi connectivity index (χ1) is 10.2. The Bertz CT molecular complexity index is 687. The van der Waals surface area contributed by atoms with Crippen LogP contribution < -0.4 is 10.6 Å². The van der Waals surface area contributed by atoms with Gasteiger partial charge in [0.15, 0.2) is 0 Å². The van der Waals surface area contributed by atoms with Crippen molar-refractivity contribution in [1.29, 1.82) is 0 Å². The van der Waals surface area contributed by atoms with Gasteiger partial charge in [-0.05, 0) is 70.0 Å². The van der Waals surface area contributed by atoms with Gasteiger partial charge in [-0.15, -0.1) is 0 Å². The molecule has 0 unspecified atom stereocenters. The van der Waals surface area contributed by atoms with Crippen LogP contribution in [0.1, 0.15) is 42.4 Å². The molecule has 1 aromatic carbocycles. The van der Waals surface area contributed by atoms with Crippen LogP contribution in [0.2, 0.25) is 0 Å². The number of nitrogens with zero attached hydrogens (tertiary/aromatic N) is 1. The van der Waals surface area contributed by atoms with Gasteiger partial charge in [-0.2, -0.15) is 0 Å². The normalized spacial score (nSPS) is 11.1. The highest BCUT2D eigenvalue weighted by atomic mass is 16.2. The van der Waals surface area contributed by atoms with E-state index in [1.807, 2.05) is 32.9 Å². The van der Waals surface area contributed by atoms with Gasteiger partial charge in [0, 0.05) is 23.1 Å². The van der Waals surface area contributed by atoms with Crippen molar-refractivity contribution in [2.75, 3.05) is 5.32 Å². The van der Waals surface area contributed by atoms with Crippen LogP contribution in [0.4, 0.5) is 11.4 Å². The first kappa shape index (κ1) is 16.0. The Morgan fingerprint density at radius 1 is 1.00 bits per heavy atom. The number of nitrogens with one attached hydrogen (secondary N) is 2. The molecule has 0 aliphatic carbocycles. The number of aryl methyl sites for hydroxylation is 2. The van der Waals surface area contributed by atoms with E-state index in [0.717, 1.165) is 11.4 Å². The molecule has 2 N–H and O–H groups in total. The predicted molar refractivity (Wildman–Crippen MR) is 90.7 cm³/mol. The van der Waals surface area contributed by atoms with Crippen LogP contribution in [0.3, 0.4) is 0 Å². The number of rotatable bonds is 3. The number of anilines is 2. The standard InChI is InChI=1S/C18H23N3O/c1-12-6-7-14(10-13(12)2)20-15-8-9-19-16(11-15)17(22)21-18(3,4)5/h6-11H,1-5H3,(H,19,20)(H,21,22). The van der Waals surface area contributed by atoms with Crippen LogP contribution in [-0.4, -0.2) is 16.4 Å². The lowest BCUT2D eigenvalue weighted by atomic mass is 10.1. The summed E-state index contributed by atoms with van der Waals surface area (Å²) in [5, 5.41) is 6.22. The molecule has 0 fully saturated rings. The molecule has 0 radical (unpaired) electrons. The van der Waals surface area contributed by atoms with Gasteiger partial charge in [-0.1, -0.05) is 6.07 Å². The molecule has 0 spiro atoms. The minimum atomic E-state index is -0.281. The maximum Gasteiger partial charge on any atom is 0.270 e. The van der Waals surface area contributed by atoms with Gasteiger partial charge in [0.05, 0.1) is 0 Å². The predicted octanol–water partition coefficient (Wildman–Crippen LogP) is 3.97. The Hall–Kier alpha value is -2.36. The lowest BCUT2D eigenvalue weighted by molar-refractivity contribution is 0.0914. The Kier molecular flexibility index (Phi) is 4.50. The molecule has 22 heavy (non-hydrogen) atoms. The van der Waals surface area contributed by atoms with E-state index in [9.17, 15) is 4.79 Å². The molecule has 0 aliphatic heterocycles. The number of carbonyl (C=O) groups excluding carboxylic acids is 1. The molecule has 1 amide bonds. The molecule has 4 heteroatoms. The number of hydrogen-bond donors (Lipinski definition) is 2. The minimum absolute atomic E-state index is 0.170. The summed E-state index contributed by atoms with van der Waals surface area (Å²) in [6, 6.07) is 9.80. The fourth-order valence-corrected chi connectivity index (χ4v) is 2.02. The third-order valence-electron chi connectivity index (χ3n) is 3.28. The van der Waals surface area contributed by atoms with E-state index in [2.05, 4.69) is 41.6 Å². The average Bonchev–Trinajstić information content (AvgIpc) is 2.41. The summed E-state index contributed by atoms with van der Waals surface area (Å²) in [5.74, 6) is -0.170. The molecule has 116 valence electrons. The summed E-state index contributed by atoms with van der Waals surface area (Å²) in [7, 11) is 0. The summed E-state index contributed by atoms with van der Waals surface area (Å²) in [5.41, 5.74) is 4.45. The highest BCUT2D eigenvalue weighted by molar-refractivity contribution is 5.93. The van der Waals surface area contributed by atoms with Gasteiger partial charge < -0.3 is 10.6 Å². The van der Waals surface area contributed by atoms with Crippen molar-refractivity contribution >= 4 is 17.3 Å². The first-order valence-corrected chi connectivity index (χ1v) is 7.37. The Morgan fingerprint density at radius 3 is 2.32 bits per heavy atom. The fraction of sp³-hybridized carbons (Fsp3) is 0.333. The van der Waals surface area contributed by atoms with Crippen molar-refractivity contribution in [2.24, 2.45) is 0 Å². The zero-order chi connectivity index (χ0) is 16.3. The average molecular weight is 297 g/mol. The van der Waals surface area contributed by atoms with Gasteiger partial charge in [0.1, 0.15) is 5.69 Å². The maximum absolute atomic E-state index is 12.2. The monoisotopic (exact) mass is 297 g/mol. The van der Waals surface area contributed by atoms with Gasteiger partial charge in [-0.3, -0.25) is 9.78 Å². The molecule has 0 aliphatic rings. The fourth-order valence-electron chi connectivity index (χ4n) is 2.02. The van der Waals surface area contributed by atoms with Crippen molar-refractivity contribution in [3.05, 3.63) is 53.3 Å². The van der Waals surface area contributed by atoms with Crippen molar-refractivity contribution < 1.29 is 4.79 Å². The van der Waals surface area contributed by atoms with Gasteiger partial charge in [0.2, 0.25) is 0 Å². The SMILES string of the molecule is Cc1ccc(Nc2ccnc(C(=O)NC(C)(C)C)c2)cc1C. The van der Waals surface area contributed by atoms with Crippen LogP contribution in [0.5, 0.6) is 0 Å². The number of amides is 1. The minimum Gasteiger partial charge on any atom is -0.355 e. The van der Waals surface area contributed by atoms with E-state index in [-0.39, 0.29) is 11.4 Å². The van der Waals surface area contributed by atoms with Crippen LogP contribution >= 0.6 is 0 Å². The van der Waals surface area contributed by atoms with Gasteiger partial charge >= 0.3 is 0 Å². The molecule has 1 aromatic heterocycles. The summed E-state index contributed by atoms with van der Waals surface area (Å²) >= 11 is 0. The van der Waals surface area contributed by atoms with Crippen molar-refractivity contribution in [3.63, 3.8) is 0 Å². The second-order valence-corrected chi connectivity index (χ2v) is 6.56. The van der Waals surface area contributed by atoms with Crippen molar-refractivity contribution in [3.8, 4) is 0 Å². The van der Waals surface area contributed by atoms with Crippen LogP contribution in [-0.2, 0) is 0 Å². The molecular formula is C18H23N3O. The molecule has 4 nitrogen and oxygen atoms in total. The van der Waals surface area contributed by atoms with Crippen LogP contribution in [0.15, 0.2) is 36.5 Å². The molecule has 0 saturated carbocycles. The van der Waals surface area contributed by atoms with E-state index in [4.69, 9.17) is 0 Å². The molecular weight excluding hydrogens is 274 g/mol. The third kappa shape index (κ3) is 4.32.